The van der Waals surface area contributed by atoms with Crippen molar-refractivity contribution in [2.24, 2.45) is 0 Å². The molecule has 0 bridgehead atoms. The van der Waals surface area contributed by atoms with Crippen molar-refractivity contribution in [3.8, 4) is 11.5 Å². The van der Waals surface area contributed by atoms with Gasteiger partial charge in [-0.25, -0.2) is 0 Å². The van der Waals surface area contributed by atoms with Gasteiger partial charge in [-0.05, 0) is 30.7 Å². The quantitative estimate of drug-likeness (QED) is 0.760. The molecule has 106 valence electrons. The summed E-state index contributed by atoms with van der Waals surface area (Å²) in [5, 5.41) is 17.3. The largest absolute Gasteiger partial charge is 0.508 e. The minimum absolute atomic E-state index is 0.322. The molecule has 0 aliphatic heterocycles. The minimum atomic E-state index is 0.322. The van der Waals surface area contributed by atoms with Gasteiger partial charge in [-0.15, -0.1) is 0 Å². The van der Waals surface area contributed by atoms with E-state index in [9.17, 15) is 0 Å². The first-order valence-electron chi connectivity index (χ1n) is 6.46. The van der Waals surface area contributed by atoms with Gasteiger partial charge < -0.3 is 10.2 Å². The number of para-hydroxylation sites is 2. The Bertz CT molecular complexity index is 424. The van der Waals surface area contributed by atoms with E-state index >= 15 is 0 Å². The third-order valence-electron chi connectivity index (χ3n) is 2.02. The lowest BCUT2D eigenvalue weighted by molar-refractivity contribution is 0.475. The highest BCUT2D eigenvalue weighted by molar-refractivity contribution is 5.19. The maximum absolute atomic E-state index is 8.63. The van der Waals surface area contributed by atoms with Crippen LogP contribution in [0.2, 0.25) is 0 Å². The van der Waals surface area contributed by atoms with Gasteiger partial charge in [0.2, 0.25) is 0 Å². The summed E-state index contributed by atoms with van der Waals surface area (Å²) in [7, 11) is 0. The Labute approximate surface area is 121 Å². The van der Waals surface area contributed by atoms with E-state index in [1.165, 1.54) is 0 Å². The van der Waals surface area contributed by atoms with Crippen LogP contribution in [0.15, 0.2) is 85.5 Å². The molecule has 2 heteroatoms. The topological polar surface area (TPSA) is 40.5 Å². The highest BCUT2D eigenvalue weighted by Gasteiger charge is 1.75. The average molecular weight is 270 g/mol. The molecule has 0 aliphatic carbocycles. The van der Waals surface area contributed by atoms with Crippen LogP contribution in [0.1, 0.15) is 13.3 Å². The summed E-state index contributed by atoms with van der Waals surface area (Å²) >= 11 is 0. The van der Waals surface area contributed by atoms with Crippen molar-refractivity contribution < 1.29 is 10.2 Å². The molecule has 0 aromatic heterocycles. The van der Waals surface area contributed by atoms with Crippen molar-refractivity contribution in [3.63, 3.8) is 0 Å². The van der Waals surface area contributed by atoms with Crippen LogP contribution >= 0.6 is 0 Å². The second-order valence-corrected chi connectivity index (χ2v) is 3.74. The maximum Gasteiger partial charge on any atom is 0.115 e. The summed E-state index contributed by atoms with van der Waals surface area (Å²) in [6, 6.07) is 17.4. The third kappa shape index (κ3) is 12.0. The number of phenols is 2. The maximum atomic E-state index is 8.63. The van der Waals surface area contributed by atoms with Gasteiger partial charge in [0.05, 0.1) is 0 Å². The smallest absolute Gasteiger partial charge is 0.115 e. The van der Waals surface area contributed by atoms with E-state index in [-0.39, 0.29) is 0 Å². The van der Waals surface area contributed by atoms with Crippen LogP contribution in [-0.4, -0.2) is 10.2 Å². The Morgan fingerprint density at radius 2 is 1.25 bits per heavy atom. The molecule has 0 spiro atoms. The van der Waals surface area contributed by atoms with Crippen LogP contribution in [0, 0.1) is 0 Å². The van der Waals surface area contributed by atoms with Crippen molar-refractivity contribution in [1.82, 2.24) is 0 Å². The number of hydrogen-bond donors (Lipinski definition) is 2. The summed E-state index contributed by atoms with van der Waals surface area (Å²) in [4.78, 5) is 0. The molecule has 2 rings (SSSR count). The summed E-state index contributed by atoms with van der Waals surface area (Å²) in [6.45, 7) is 5.61. The van der Waals surface area contributed by atoms with E-state index in [0.29, 0.717) is 11.5 Å². The lowest BCUT2D eigenvalue weighted by Gasteiger charge is -1.82. The van der Waals surface area contributed by atoms with Crippen LogP contribution < -0.4 is 0 Å². The van der Waals surface area contributed by atoms with Crippen molar-refractivity contribution in [3.05, 3.63) is 85.5 Å². The molecule has 0 fully saturated rings. The third-order valence-corrected chi connectivity index (χ3v) is 2.02. The van der Waals surface area contributed by atoms with Gasteiger partial charge in [0, 0.05) is 0 Å². The van der Waals surface area contributed by atoms with E-state index in [4.69, 9.17) is 10.2 Å². The SMILES string of the molecule is C=CC=CCC.Oc1ccccc1.Oc1ccccc1. The molecule has 0 saturated heterocycles. The molecule has 2 nitrogen and oxygen atoms in total. The zero-order valence-corrected chi connectivity index (χ0v) is 11.8. The van der Waals surface area contributed by atoms with Crippen molar-refractivity contribution in [2.75, 3.05) is 0 Å². The Kier molecular flexibility index (Phi) is 11.4. The lowest BCUT2D eigenvalue weighted by Crippen LogP contribution is -1.56. The van der Waals surface area contributed by atoms with E-state index < -0.39 is 0 Å². The fourth-order valence-corrected chi connectivity index (χ4v) is 1.09. The standard InChI is InChI=1S/2C6H6O.C6H10/c2*7-6-4-2-1-3-5-6;1-3-5-6-4-2/h2*1-5,7H;3,5-6H,1,4H2,2H3. The summed E-state index contributed by atoms with van der Waals surface area (Å²) < 4.78 is 0. The second-order valence-electron chi connectivity index (χ2n) is 3.74. The summed E-state index contributed by atoms with van der Waals surface area (Å²) in [5.74, 6) is 0.644. The molecule has 20 heavy (non-hydrogen) atoms. The van der Waals surface area contributed by atoms with E-state index in [2.05, 4.69) is 19.6 Å². The molecule has 2 aromatic carbocycles. The number of rotatable bonds is 2. The average Bonchev–Trinajstić information content (AvgIpc) is 2.48. The molecular weight excluding hydrogens is 248 g/mol. The van der Waals surface area contributed by atoms with Gasteiger partial charge in [0.25, 0.3) is 0 Å². The molecule has 0 radical (unpaired) electrons. The van der Waals surface area contributed by atoms with E-state index in [1.807, 2.05) is 18.2 Å². The fourth-order valence-electron chi connectivity index (χ4n) is 1.09. The van der Waals surface area contributed by atoms with Crippen LogP contribution in [0.5, 0.6) is 11.5 Å². The van der Waals surface area contributed by atoms with Gasteiger partial charge in [0.1, 0.15) is 11.5 Å². The van der Waals surface area contributed by atoms with Crippen molar-refractivity contribution in [1.29, 1.82) is 0 Å². The van der Waals surface area contributed by atoms with E-state index in [1.54, 1.807) is 54.6 Å². The monoisotopic (exact) mass is 270 g/mol. The second kappa shape index (κ2) is 13.0. The number of phenolic OH excluding ortho intramolecular Hbond substituents is 2. The van der Waals surface area contributed by atoms with Gasteiger partial charge in [-0.1, -0.05) is 68.1 Å². The Morgan fingerprint density at radius 3 is 1.40 bits per heavy atom. The molecule has 2 N–H and O–H groups in total. The first-order valence-corrected chi connectivity index (χ1v) is 6.46. The zero-order valence-electron chi connectivity index (χ0n) is 11.8. The molecule has 0 heterocycles. The van der Waals surface area contributed by atoms with Crippen LogP contribution in [0.25, 0.3) is 0 Å². The molecule has 0 amide bonds. The van der Waals surface area contributed by atoms with E-state index in [0.717, 1.165) is 6.42 Å². The normalized spacial score (nSPS) is 8.85. The van der Waals surface area contributed by atoms with Gasteiger partial charge in [0.15, 0.2) is 0 Å². The molecule has 0 saturated carbocycles. The molecular formula is C18H22O2. The van der Waals surface area contributed by atoms with Crippen molar-refractivity contribution in [2.45, 2.75) is 13.3 Å². The van der Waals surface area contributed by atoms with Gasteiger partial charge in [-0.3, -0.25) is 0 Å². The minimum Gasteiger partial charge on any atom is -0.508 e. The molecule has 0 unspecified atom stereocenters. The number of aromatic hydroxyl groups is 2. The molecule has 2 aromatic rings. The van der Waals surface area contributed by atoms with Crippen LogP contribution in [0.3, 0.4) is 0 Å². The predicted molar refractivity (Wildman–Crippen MR) is 85.8 cm³/mol. The first kappa shape index (κ1) is 17.5. The Balaban J connectivity index is 0.000000272. The highest BCUT2D eigenvalue weighted by atomic mass is 16.3. The summed E-state index contributed by atoms with van der Waals surface area (Å²) in [5.41, 5.74) is 0. The number of allylic oxidation sites excluding steroid dienone is 3. The number of benzene rings is 2. The lowest BCUT2D eigenvalue weighted by atomic mass is 10.3. The van der Waals surface area contributed by atoms with Gasteiger partial charge >= 0.3 is 0 Å². The molecule has 0 aliphatic rings. The Hall–Kier alpha value is -2.48. The van der Waals surface area contributed by atoms with Crippen molar-refractivity contribution >= 4 is 0 Å². The fraction of sp³-hybridized carbons (Fsp3) is 0.111. The van der Waals surface area contributed by atoms with Crippen LogP contribution in [0.4, 0.5) is 0 Å². The predicted octanol–water partition coefficient (Wildman–Crippen LogP) is 4.92. The molecule has 0 atom stereocenters. The Morgan fingerprint density at radius 1 is 0.850 bits per heavy atom. The summed E-state index contributed by atoms with van der Waals surface area (Å²) in [6.07, 6.45) is 6.89. The van der Waals surface area contributed by atoms with Crippen LogP contribution in [-0.2, 0) is 0 Å². The van der Waals surface area contributed by atoms with Gasteiger partial charge in [-0.2, -0.15) is 0 Å². The number of hydrogen-bond acceptors (Lipinski definition) is 2. The zero-order chi connectivity index (χ0) is 15.1. The highest BCUT2D eigenvalue weighted by Crippen LogP contribution is 2.03. The first-order chi connectivity index (χ1) is 9.70.